The maximum atomic E-state index is 13.2. The molecule has 0 aliphatic carbocycles. The molecule has 0 aromatic heterocycles. The molecule has 8 nitrogen and oxygen atoms in total. The molecule has 41 heavy (non-hydrogen) atoms. The first kappa shape index (κ1) is 41.2. The maximum Gasteiger partial charge on any atom is 0.488 e. The largest absolute Gasteiger partial charge is 0.491 e. The normalized spacial score (nSPS) is 10.9. The van der Waals surface area contributed by atoms with Crippen LogP contribution < -0.4 is 21.7 Å². The third-order valence-electron chi connectivity index (χ3n) is 3.75. The van der Waals surface area contributed by atoms with Crippen LogP contribution >= 0.6 is 49.7 Å². The number of aldehydes is 1. The number of carbonyl (C=O) groups is 1. The third-order valence-corrected chi connectivity index (χ3v) is 4.01. The lowest BCUT2D eigenvalue weighted by Crippen LogP contribution is -2.30. The second-order valence-electron chi connectivity index (χ2n) is 6.71. The number of hydrogen-bond acceptors (Lipinski definition) is 8. The van der Waals surface area contributed by atoms with Gasteiger partial charge < -0.3 is 26.3 Å². The van der Waals surface area contributed by atoms with E-state index in [1.807, 2.05) is 0 Å². The van der Waals surface area contributed by atoms with Gasteiger partial charge in [-0.15, -0.1) is 26.8 Å². The lowest BCUT2D eigenvalue weighted by molar-refractivity contribution is 0.111. The Bertz CT molecular complexity index is 1180. The smallest absolute Gasteiger partial charge is 0.488 e. The summed E-state index contributed by atoms with van der Waals surface area (Å²) in [4.78, 5) is 13.1. The van der Waals surface area contributed by atoms with Crippen LogP contribution in [0.2, 0.25) is 0 Å². The molecule has 0 heterocycles. The zero-order valence-corrected chi connectivity index (χ0v) is 26.9. The van der Waals surface area contributed by atoms with E-state index in [0.29, 0.717) is 4.62 Å². The number of nitrogens with zero attached hydrogens (tertiary/aromatic N) is 1. The van der Waals surface area contributed by atoms with Crippen LogP contribution in [0, 0.1) is 28.7 Å². The van der Waals surface area contributed by atoms with Crippen molar-refractivity contribution >= 4 is 85.1 Å². The fourth-order valence-electron chi connectivity index (χ4n) is 2.16. The van der Waals surface area contributed by atoms with E-state index in [9.17, 15) is 31.1 Å². The van der Waals surface area contributed by atoms with Gasteiger partial charge in [-0.1, -0.05) is 0 Å². The number of hydrogen-bond donors (Lipinski definition) is 5. The van der Waals surface area contributed by atoms with E-state index in [1.165, 1.54) is 12.3 Å². The molecule has 0 amide bonds. The van der Waals surface area contributed by atoms with Crippen molar-refractivity contribution in [2.45, 2.75) is 6.55 Å². The van der Waals surface area contributed by atoms with Gasteiger partial charge in [0.2, 0.25) is 0 Å². The van der Waals surface area contributed by atoms with Gasteiger partial charge in [0.25, 0.3) is 0 Å². The molecule has 226 valence electrons. The highest BCUT2D eigenvalue weighted by atomic mass is 79.9. The third kappa shape index (κ3) is 19.0. The van der Waals surface area contributed by atoms with Crippen molar-refractivity contribution in [3.63, 3.8) is 0 Å². The number of rotatable bonds is 7. The zero-order valence-electron chi connectivity index (χ0n) is 21.0. The molecule has 0 spiro atoms. The summed E-state index contributed by atoms with van der Waals surface area (Å²) in [5.74, 6) is -4.63. The molecular weight excluding hydrogens is 701 g/mol. The molecule has 0 bridgehead atoms. The lowest BCUT2D eigenvalue weighted by Gasteiger charge is -2.05. The summed E-state index contributed by atoms with van der Waals surface area (Å²) in [6.07, 6.45) is 4.48. The highest BCUT2D eigenvalue weighted by Crippen LogP contribution is 2.59. The Kier molecular flexibility index (Phi) is 22.8. The van der Waals surface area contributed by atoms with E-state index in [1.54, 1.807) is 0 Å². The molecule has 0 radical (unpaired) electrons. The number of alkyl halides is 2. The predicted molar refractivity (Wildman–Crippen MR) is 167 cm³/mol. The topological polar surface area (TPSA) is 155 Å². The molecule has 0 saturated carbocycles. The van der Waals surface area contributed by atoms with Crippen molar-refractivity contribution in [3.05, 3.63) is 77.0 Å². The molecule has 0 saturated heterocycles. The Morgan fingerprint density at radius 1 is 1.10 bits per heavy atom. The zero-order chi connectivity index (χ0) is 32.3. The van der Waals surface area contributed by atoms with Gasteiger partial charge >= 0.3 is 13.7 Å². The summed E-state index contributed by atoms with van der Waals surface area (Å²) < 4.78 is 80.3. The standard InChI is InChI=1S/C11H8F4N2O.C7H7BF2O3.C3H5BrN2.H6P4/c12-8-3-6(4-9(13)7(8)5-18)10(16)1-2-17-11(14)15;1-13-7-5(9)2-4(8(11)12)3-6(7)10;4-3(6)1-2-5;1-4(2)3/h1-5,11H,16H2;2-3,11-12H,1H3;1-2,6H,5H2;1-3H2/b;;2-1-,6-3?;. The minimum Gasteiger partial charge on any atom is -0.491 e. The van der Waals surface area contributed by atoms with Gasteiger partial charge in [-0.3, -0.25) is 10.2 Å². The van der Waals surface area contributed by atoms with Gasteiger partial charge in [0.15, 0.2) is 23.7 Å². The van der Waals surface area contributed by atoms with E-state index in [2.05, 4.69) is 52.4 Å². The highest BCUT2D eigenvalue weighted by Gasteiger charge is 2.18. The second-order valence-corrected chi connectivity index (χ2v) is 19.2. The van der Waals surface area contributed by atoms with Gasteiger partial charge in [0, 0.05) is 17.5 Å². The molecule has 3 atom stereocenters. The van der Waals surface area contributed by atoms with Crippen molar-refractivity contribution in [2.75, 3.05) is 7.11 Å². The number of aliphatic imine (C=N–C) groups is 1. The average Bonchev–Trinajstić information content (AvgIpc) is 2.83. The van der Waals surface area contributed by atoms with Gasteiger partial charge in [-0.05, 0) is 71.0 Å². The van der Waals surface area contributed by atoms with Crippen LogP contribution in [-0.2, 0) is 0 Å². The number of carbonyl (C=O) groups excluding carboxylic acids is 1. The Hall–Kier alpha value is -1.91. The van der Waals surface area contributed by atoms with Crippen LogP contribution in [0.25, 0.3) is 5.70 Å². The Morgan fingerprint density at radius 2 is 1.56 bits per heavy atom. The second kappa shape index (κ2) is 22.7. The van der Waals surface area contributed by atoms with Gasteiger partial charge in [0.1, 0.15) is 11.6 Å². The van der Waals surface area contributed by atoms with Crippen molar-refractivity contribution in [1.29, 1.82) is 5.41 Å². The number of halogens is 7. The minimum atomic E-state index is -2.89. The monoisotopic (exact) mass is 726 g/mol. The summed E-state index contributed by atoms with van der Waals surface area (Å²) in [6, 6.07) is 3.25. The first-order valence-electron chi connectivity index (χ1n) is 10.3. The van der Waals surface area contributed by atoms with E-state index >= 15 is 0 Å². The molecule has 7 N–H and O–H groups in total. The molecule has 2 aromatic carbocycles. The average molecular weight is 727 g/mol. The Labute approximate surface area is 248 Å². The fraction of sp³-hybridized carbons (Fsp3) is 0.0952. The maximum absolute atomic E-state index is 13.2. The van der Waals surface area contributed by atoms with Crippen LogP contribution in [0.1, 0.15) is 15.9 Å². The minimum absolute atomic E-state index is 0.0343. The SMILES string of the molecule is COc1c(F)cc(B(O)O)cc1F.N=C(Br)/C=C\N.NC(=CC=NC(F)F)c1cc(F)c(C=O)c(F)c1.PP(P)P. The number of benzene rings is 2. The predicted octanol–water partition coefficient (Wildman–Crippen LogP) is 4.69. The number of ether oxygens (including phenoxy) is 1. The highest BCUT2D eigenvalue weighted by molar-refractivity contribution is 9.18. The van der Waals surface area contributed by atoms with Crippen molar-refractivity contribution < 1.29 is 45.9 Å². The van der Waals surface area contributed by atoms with Gasteiger partial charge in [0.05, 0.1) is 17.3 Å². The summed E-state index contributed by atoms with van der Waals surface area (Å²) in [5, 5.41) is 23.9. The van der Waals surface area contributed by atoms with E-state index < -0.39 is 48.2 Å². The number of allylic oxidation sites excluding steroid dienone is 2. The molecule has 2 rings (SSSR count). The Morgan fingerprint density at radius 3 is 1.85 bits per heavy atom. The van der Waals surface area contributed by atoms with E-state index in [4.69, 9.17) is 26.9 Å². The quantitative estimate of drug-likeness (QED) is 0.0697. The van der Waals surface area contributed by atoms with Crippen LogP contribution in [0.15, 0.2) is 47.6 Å². The van der Waals surface area contributed by atoms with Crippen molar-refractivity contribution in [1.82, 2.24) is 0 Å². The number of nitrogens with one attached hydrogen (secondary N) is 1. The summed E-state index contributed by atoms with van der Waals surface area (Å²) in [6.45, 7) is -2.76. The molecule has 3 unspecified atom stereocenters. The van der Waals surface area contributed by atoms with Crippen molar-refractivity contribution in [2.24, 2.45) is 16.5 Å². The van der Waals surface area contributed by atoms with E-state index in [0.717, 1.165) is 43.7 Å². The van der Waals surface area contributed by atoms with Gasteiger partial charge in [-0.25, -0.2) is 22.6 Å². The van der Waals surface area contributed by atoms with Crippen LogP contribution in [-0.4, -0.2) is 47.9 Å². The van der Waals surface area contributed by atoms with Crippen LogP contribution in [0.3, 0.4) is 0 Å². The lowest BCUT2D eigenvalue weighted by atomic mass is 9.80. The molecule has 0 aliphatic heterocycles. The molecular formula is C21H26BBrF6N4O4P4. The van der Waals surface area contributed by atoms with E-state index in [-0.39, 0.29) is 30.0 Å². The first-order valence-corrected chi connectivity index (χ1v) is 17.3. The summed E-state index contributed by atoms with van der Waals surface area (Å²) in [5.41, 5.74) is 9.09. The van der Waals surface area contributed by atoms with Gasteiger partial charge in [-0.2, -0.15) is 8.78 Å². The summed E-state index contributed by atoms with van der Waals surface area (Å²) in [7, 11) is 7.17. The molecule has 2 aromatic rings. The van der Waals surface area contributed by atoms with Crippen LogP contribution in [0.5, 0.6) is 5.75 Å². The Balaban J connectivity index is 0. The first-order chi connectivity index (χ1) is 19.0. The molecule has 0 aliphatic rings. The fourth-order valence-corrected chi connectivity index (χ4v) is 2.31. The van der Waals surface area contributed by atoms with Crippen molar-refractivity contribution in [3.8, 4) is 5.75 Å². The number of methoxy groups -OCH3 is 1. The van der Waals surface area contributed by atoms with Crippen LogP contribution in [0.4, 0.5) is 26.3 Å². The number of nitrogens with two attached hydrogens (primary N) is 2. The molecule has 20 heteroatoms. The molecule has 0 fully saturated rings. The summed E-state index contributed by atoms with van der Waals surface area (Å²) >= 11 is 2.85.